The lowest BCUT2D eigenvalue weighted by Crippen LogP contribution is -2.08. The van der Waals surface area contributed by atoms with Crippen molar-refractivity contribution in [3.63, 3.8) is 0 Å². The molecule has 0 aromatic carbocycles. The summed E-state index contributed by atoms with van der Waals surface area (Å²) in [5.74, 6) is 0. The zero-order chi connectivity index (χ0) is 21.5. The molecule has 30 heavy (non-hydrogen) atoms. The highest BCUT2D eigenvalue weighted by molar-refractivity contribution is 7.74. The van der Waals surface area contributed by atoms with Gasteiger partial charge in [0.05, 0.1) is 18.5 Å². The summed E-state index contributed by atoms with van der Waals surface area (Å²) in [5.41, 5.74) is 0. The first-order valence-corrected chi connectivity index (χ1v) is 15.9. The lowest BCUT2D eigenvalue weighted by Gasteiger charge is -2.23. The maximum Gasteiger partial charge on any atom is 0.132 e. The molecule has 0 fully saturated rings. The maximum absolute atomic E-state index is 5.36. The van der Waals surface area contributed by atoms with Gasteiger partial charge in [0.15, 0.2) is 0 Å². The van der Waals surface area contributed by atoms with E-state index in [9.17, 15) is 0 Å². The Morgan fingerprint density at radius 1 is 0.467 bits per heavy atom. The molecule has 0 unspecified atom stereocenters. The van der Waals surface area contributed by atoms with E-state index in [-0.39, 0.29) is 12.4 Å². The Labute approximate surface area is 198 Å². The SMILES string of the molecule is CCC=N[P+](CCCCCCCC)(CCCCCCCC)CCCCCCCC.Cl. The van der Waals surface area contributed by atoms with Crippen molar-refractivity contribution in [1.82, 2.24) is 0 Å². The second kappa shape index (κ2) is 25.6. The first kappa shape index (κ1) is 32.6. The van der Waals surface area contributed by atoms with Crippen LogP contribution in [-0.4, -0.2) is 24.7 Å². The van der Waals surface area contributed by atoms with E-state index in [0.717, 1.165) is 6.42 Å². The van der Waals surface area contributed by atoms with E-state index in [1.165, 1.54) is 134 Å². The smallest absolute Gasteiger partial charge is 0.132 e. The fourth-order valence-corrected chi connectivity index (χ4v) is 8.29. The van der Waals surface area contributed by atoms with Crippen LogP contribution in [0, 0.1) is 0 Å². The van der Waals surface area contributed by atoms with E-state index >= 15 is 0 Å². The summed E-state index contributed by atoms with van der Waals surface area (Å²) in [4.78, 5) is 0. The summed E-state index contributed by atoms with van der Waals surface area (Å²) in [6, 6.07) is 0. The number of hydrogen-bond acceptors (Lipinski definition) is 1. The van der Waals surface area contributed by atoms with Crippen LogP contribution in [0.1, 0.15) is 150 Å². The van der Waals surface area contributed by atoms with Crippen LogP contribution >= 0.6 is 19.8 Å². The molecule has 0 aliphatic heterocycles. The molecule has 0 bridgehead atoms. The largest absolute Gasteiger partial charge is 0.147 e. The van der Waals surface area contributed by atoms with Crippen LogP contribution in [0.4, 0.5) is 0 Å². The predicted octanol–water partition coefficient (Wildman–Crippen LogP) is 10.9. The van der Waals surface area contributed by atoms with E-state index in [1.807, 2.05) is 0 Å². The zero-order valence-electron chi connectivity index (χ0n) is 21.4. The van der Waals surface area contributed by atoms with Gasteiger partial charge in [-0.2, -0.15) is 0 Å². The average Bonchev–Trinajstić information content (AvgIpc) is 2.74. The van der Waals surface area contributed by atoms with Gasteiger partial charge in [0, 0.05) is 6.21 Å². The molecule has 0 heterocycles. The zero-order valence-corrected chi connectivity index (χ0v) is 23.1. The first-order chi connectivity index (χ1) is 14.2. The Morgan fingerprint density at radius 2 is 0.767 bits per heavy atom. The van der Waals surface area contributed by atoms with Gasteiger partial charge in [-0.1, -0.05) is 105 Å². The number of unbranched alkanes of at least 4 members (excludes halogenated alkanes) is 15. The van der Waals surface area contributed by atoms with Crippen molar-refractivity contribution in [1.29, 1.82) is 0 Å². The molecule has 0 N–H and O–H groups in total. The Balaban J connectivity index is 0. The standard InChI is InChI=1S/C27H57NP.ClH/c1-5-9-12-15-18-21-25-29(28-24-8-4,26-22-19-16-13-10-6-2)27-23-20-17-14-11-7-3;/h24H,5-23,25-27H2,1-4H3;1H/q+1;. The van der Waals surface area contributed by atoms with E-state index in [0.29, 0.717) is 0 Å². The quantitative estimate of drug-likeness (QED) is 0.0812. The van der Waals surface area contributed by atoms with Gasteiger partial charge in [0.25, 0.3) is 0 Å². The molecule has 0 aliphatic rings. The van der Waals surface area contributed by atoms with Crippen molar-refractivity contribution in [3.8, 4) is 0 Å². The van der Waals surface area contributed by atoms with Gasteiger partial charge in [-0.05, 0) is 44.9 Å². The molecule has 0 saturated carbocycles. The summed E-state index contributed by atoms with van der Waals surface area (Å²) in [6.45, 7) is 9.21. The number of hydrogen-bond donors (Lipinski definition) is 0. The average molecular weight is 463 g/mol. The summed E-state index contributed by atoms with van der Waals surface area (Å²) in [7, 11) is -1.11. The van der Waals surface area contributed by atoms with Gasteiger partial charge in [-0.3, -0.25) is 0 Å². The fraction of sp³-hybridized carbons (Fsp3) is 0.963. The van der Waals surface area contributed by atoms with E-state index < -0.39 is 7.41 Å². The van der Waals surface area contributed by atoms with Crippen LogP contribution in [0.15, 0.2) is 4.76 Å². The normalized spacial score (nSPS) is 11.9. The second-order valence-corrected chi connectivity index (χ2v) is 13.0. The number of rotatable bonds is 23. The molecular formula is C27H58ClNP+. The highest BCUT2D eigenvalue weighted by Crippen LogP contribution is 2.62. The molecule has 0 rings (SSSR count). The molecule has 0 radical (unpaired) electrons. The lowest BCUT2D eigenvalue weighted by atomic mass is 10.1. The lowest BCUT2D eigenvalue weighted by molar-refractivity contribution is 0.615. The van der Waals surface area contributed by atoms with Crippen molar-refractivity contribution in [2.45, 2.75) is 150 Å². The molecule has 0 atom stereocenters. The minimum Gasteiger partial charge on any atom is -0.147 e. The number of nitrogens with zero attached hydrogens (tertiary/aromatic N) is 1. The minimum absolute atomic E-state index is 0. The van der Waals surface area contributed by atoms with Gasteiger partial charge in [-0.15, -0.1) is 17.2 Å². The van der Waals surface area contributed by atoms with Crippen molar-refractivity contribution < 1.29 is 0 Å². The van der Waals surface area contributed by atoms with Gasteiger partial charge >= 0.3 is 0 Å². The third-order valence-corrected chi connectivity index (χ3v) is 10.4. The summed E-state index contributed by atoms with van der Waals surface area (Å²) < 4.78 is 5.36. The van der Waals surface area contributed by atoms with Crippen LogP contribution < -0.4 is 0 Å². The Kier molecular flexibility index (Phi) is 27.8. The molecule has 1 nitrogen and oxygen atoms in total. The molecule has 0 saturated heterocycles. The van der Waals surface area contributed by atoms with Crippen LogP contribution in [0.25, 0.3) is 0 Å². The fourth-order valence-electron chi connectivity index (χ4n) is 4.32. The molecule has 182 valence electrons. The third-order valence-electron chi connectivity index (χ3n) is 6.29. The Morgan fingerprint density at radius 3 is 1.07 bits per heavy atom. The van der Waals surface area contributed by atoms with Gasteiger partial charge in [0.1, 0.15) is 7.41 Å². The van der Waals surface area contributed by atoms with E-state index in [2.05, 4.69) is 33.9 Å². The van der Waals surface area contributed by atoms with Crippen molar-refractivity contribution in [3.05, 3.63) is 0 Å². The summed E-state index contributed by atoms with van der Waals surface area (Å²) in [6.07, 6.45) is 33.3. The Hall–Kier alpha value is 0.390. The summed E-state index contributed by atoms with van der Waals surface area (Å²) >= 11 is 0. The van der Waals surface area contributed by atoms with E-state index in [1.54, 1.807) is 0 Å². The van der Waals surface area contributed by atoms with Gasteiger partial charge in [0.2, 0.25) is 0 Å². The van der Waals surface area contributed by atoms with Crippen molar-refractivity contribution in [2.24, 2.45) is 4.76 Å². The van der Waals surface area contributed by atoms with Crippen LogP contribution in [0.2, 0.25) is 0 Å². The summed E-state index contributed by atoms with van der Waals surface area (Å²) in [5, 5.41) is 0. The topological polar surface area (TPSA) is 12.4 Å². The molecule has 3 heteroatoms. The van der Waals surface area contributed by atoms with Crippen LogP contribution in [-0.2, 0) is 0 Å². The molecule has 0 amide bonds. The predicted molar refractivity (Wildman–Crippen MR) is 148 cm³/mol. The first-order valence-electron chi connectivity index (χ1n) is 13.6. The third kappa shape index (κ3) is 20.3. The monoisotopic (exact) mass is 462 g/mol. The Bertz CT molecular complexity index is 305. The molecule has 0 spiro atoms. The van der Waals surface area contributed by atoms with Crippen LogP contribution in [0.5, 0.6) is 0 Å². The molecule has 0 aromatic heterocycles. The maximum atomic E-state index is 5.36. The minimum atomic E-state index is -1.11. The molecule has 0 aromatic rings. The van der Waals surface area contributed by atoms with Crippen molar-refractivity contribution >= 4 is 26.0 Å². The second-order valence-electron chi connectivity index (χ2n) is 9.28. The highest BCUT2D eigenvalue weighted by Gasteiger charge is 2.35. The van der Waals surface area contributed by atoms with Gasteiger partial charge < -0.3 is 0 Å². The highest BCUT2D eigenvalue weighted by atomic mass is 35.5. The number of halogens is 1. The van der Waals surface area contributed by atoms with Crippen LogP contribution in [0.3, 0.4) is 0 Å². The molecular weight excluding hydrogens is 405 g/mol. The van der Waals surface area contributed by atoms with Crippen molar-refractivity contribution in [2.75, 3.05) is 18.5 Å². The van der Waals surface area contributed by atoms with E-state index in [4.69, 9.17) is 4.76 Å². The molecule has 0 aliphatic carbocycles. The van der Waals surface area contributed by atoms with Gasteiger partial charge in [-0.25, -0.2) is 0 Å².